The molecule has 0 aliphatic heterocycles. The van der Waals surface area contributed by atoms with E-state index in [2.05, 4.69) is 21.2 Å². The first-order valence-electron chi connectivity index (χ1n) is 6.36. The number of hydrogen-bond acceptors (Lipinski definition) is 2. The molecule has 0 aromatic heterocycles. The molecule has 0 amide bonds. The monoisotopic (exact) mass is 329 g/mol. The lowest BCUT2D eigenvalue weighted by atomic mass is 10.0. The molecule has 0 saturated carbocycles. The summed E-state index contributed by atoms with van der Waals surface area (Å²) in [5.74, 6) is -0.00408. The second-order valence-electron chi connectivity index (χ2n) is 4.65. The zero-order chi connectivity index (χ0) is 14.5. The molecule has 2 aromatic rings. The number of allylic oxidation sites excluding steroid dienone is 1. The molecule has 2 nitrogen and oxygen atoms in total. The van der Waals surface area contributed by atoms with Crippen LogP contribution >= 0.6 is 15.9 Å². The van der Waals surface area contributed by atoms with Gasteiger partial charge in [0, 0.05) is 28.0 Å². The van der Waals surface area contributed by atoms with Crippen LogP contribution < -0.4 is 5.32 Å². The van der Waals surface area contributed by atoms with Crippen molar-refractivity contribution in [1.82, 2.24) is 0 Å². The fourth-order valence-electron chi connectivity index (χ4n) is 1.78. The number of hydrogen-bond donors (Lipinski definition) is 1. The average molecular weight is 330 g/mol. The Morgan fingerprint density at radius 1 is 1.10 bits per heavy atom. The molecule has 0 heterocycles. The van der Waals surface area contributed by atoms with E-state index in [0.29, 0.717) is 5.56 Å². The summed E-state index contributed by atoms with van der Waals surface area (Å²) in [7, 11) is 0. The molecule has 0 radical (unpaired) electrons. The SMILES string of the molecule is Cc1ccc(C(=O)/C=C/Nc2cccc(Br)c2)cc1C. The van der Waals surface area contributed by atoms with E-state index >= 15 is 0 Å². The maximum Gasteiger partial charge on any atom is 0.187 e. The fraction of sp³-hybridized carbons (Fsp3) is 0.118. The Morgan fingerprint density at radius 2 is 1.90 bits per heavy atom. The van der Waals surface area contributed by atoms with Crippen LogP contribution in [0.15, 0.2) is 59.2 Å². The van der Waals surface area contributed by atoms with Crippen molar-refractivity contribution in [3.05, 3.63) is 75.9 Å². The van der Waals surface area contributed by atoms with E-state index in [1.54, 1.807) is 12.3 Å². The maximum absolute atomic E-state index is 12.0. The molecule has 0 bridgehead atoms. The number of ketones is 1. The minimum absolute atomic E-state index is 0.00408. The van der Waals surface area contributed by atoms with Gasteiger partial charge in [0.25, 0.3) is 0 Å². The Bertz CT molecular complexity index is 662. The molecule has 0 saturated heterocycles. The molecule has 2 rings (SSSR count). The molecule has 1 N–H and O–H groups in total. The van der Waals surface area contributed by atoms with Crippen LogP contribution in [0.4, 0.5) is 5.69 Å². The molecular formula is C17H16BrNO. The van der Waals surface area contributed by atoms with Crippen LogP contribution in [-0.4, -0.2) is 5.78 Å². The number of anilines is 1. The third kappa shape index (κ3) is 3.81. The highest BCUT2D eigenvalue weighted by Crippen LogP contribution is 2.15. The molecule has 0 aliphatic rings. The fourth-order valence-corrected chi connectivity index (χ4v) is 2.18. The number of rotatable bonds is 4. The second-order valence-corrected chi connectivity index (χ2v) is 5.57. The number of aryl methyl sites for hydroxylation is 2. The van der Waals surface area contributed by atoms with Gasteiger partial charge in [-0.05, 0) is 49.2 Å². The summed E-state index contributed by atoms with van der Waals surface area (Å²) in [5, 5.41) is 3.08. The minimum atomic E-state index is -0.00408. The summed E-state index contributed by atoms with van der Waals surface area (Å²) in [4.78, 5) is 12.0. The van der Waals surface area contributed by atoms with Gasteiger partial charge in [-0.2, -0.15) is 0 Å². The third-order valence-electron chi connectivity index (χ3n) is 3.10. The van der Waals surface area contributed by atoms with Gasteiger partial charge in [-0.15, -0.1) is 0 Å². The van der Waals surface area contributed by atoms with Crippen LogP contribution in [0.3, 0.4) is 0 Å². The largest absolute Gasteiger partial charge is 0.362 e. The Hall–Kier alpha value is -1.87. The van der Waals surface area contributed by atoms with Crippen molar-refractivity contribution in [2.45, 2.75) is 13.8 Å². The van der Waals surface area contributed by atoms with E-state index in [9.17, 15) is 4.79 Å². The first-order valence-corrected chi connectivity index (χ1v) is 7.16. The molecular weight excluding hydrogens is 314 g/mol. The van der Waals surface area contributed by atoms with Crippen molar-refractivity contribution >= 4 is 27.4 Å². The number of halogens is 1. The van der Waals surface area contributed by atoms with Crippen LogP contribution in [0.25, 0.3) is 0 Å². The zero-order valence-electron chi connectivity index (χ0n) is 11.5. The predicted octanol–water partition coefficient (Wildman–Crippen LogP) is 4.87. The second kappa shape index (κ2) is 6.53. The van der Waals surface area contributed by atoms with E-state index < -0.39 is 0 Å². The summed E-state index contributed by atoms with van der Waals surface area (Å²) in [6, 6.07) is 13.5. The summed E-state index contributed by atoms with van der Waals surface area (Å²) in [5.41, 5.74) is 3.96. The van der Waals surface area contributed by atoms with E-state index in [0.717, 1.165) is 15.7 Å². The lowest BCUT2D eigenvalue weighted by Crippen LogP contribution is -1.97. The molecule has 20 heavy (non-hydrogen) atoms. The van der Waals surface area contributed by atoms with Crippen LogP contribution in [0.5, 0.6) is 0 Å². The summed E-state index contributed by atoms with van der Waals surface area (Å²) < 4.78 is 0.997. The smallest absolute Gasteiger partial charge is 0.187 e. The highest BCUT2D eigenvalue weighted by atomic mass is 79.9. The Balaban J connectivity index is 2.04. The van der Waals surface area contributed by atoms with Gasteiger partial charge >= 0.3 is 0 Å². The van der Waals surface area contributed by atoms with E-state index in [1.165, 1.54) is 5.56 Å². The normalized spacial score (nSPS) is 10.8. The van der Waals surface area contributed by atoms with Gasteiger partial charge in [0.2, 0.25) is 0 Å². The lowest BCUT2D eigenvalue weighted by molar-refractivity contribution is 0.104. The van der Waals surface area contributed by atoms with Crippen LogP contribution in [-0.2, 0) is 0 Å². The Kier molecular flexibility index (Phi) is 4.74. The van der Waals surface area contributed by atoms with Crippen molar-refractivity contribution in [3.8, 4) is 0 Å². The van der Waals surface area contributed by atoms with Crippen molar-refractivity contribution < 1.29 is 4.79 Å². The van der Waals surface area contributed by atoms with Gasteiger partial charge in [-0.1, -0.05) is 34.1 Å². The van der Waals surface area contributed by atoms with Crippen LogP contribution in [0.1, 0.15) is 21.5 Å². The number of carbonyl (C=O) groups is 1. The van der Waals surface area contributed by atoms with E-state index in [1.807, 2.05) is 56.3 Å². The quantitative estimate of drug-likeness (QED) is 0.640. The molecule has 2 aromatic carbocycles. The van der Waals surface area contributed by atoms with Crippen LogP contribution in [0.2, 0.25) is 0 Å². The van der Waals surface area contributed by atoms with Gasteiger partial charge in [-0.3, -0.25) is 4.79 Å². The standard InChI is InChI=1S/C17H16BrNO/c1-12-6-7-14(10-13(12)2)17(20)8-9-19-16-5-3-4-15(18)11-16/h3-11,19H,1-2H3/b9-8+. The van der Waals surface area contributed by atoms with E-state index in [-0.39, 0.29) is 5.78 Å². The third-order valence-corrected chi connectivity index (χ3v) is 3.59. The first-order chi connectivity index (χ1) is 9.56. The lowest BCUT2D eigenvalue weighted by Gasteiger charge is -2.03. The highest BCUT2D eigenvalue weighted by molar-refractivity contribution is 9.10. The van der Waals surface area contributed by atoms with Crippen LogP contribution in [0, 0.1) is 13.8 Å². The number of benzene rings is 2. The molecule has 0 unspecified atom stereocenters. The Labute approximate surface area is 127 Å². The van der Waals surface area contributed by atoms with Gasteiger partial charge in [0.1, 0.15) is 0 Å². The molecule has 0 fully saturated rings. The minimum Gasteiger partial charge on any atom is -0.362 e. The summed E-state index contributed by atoms with van der Waals surface area (Å²) in [6.45, 7) is 4.05. The molecule has 0 atom stereocenters. The number of nitrogens with one attached hydrogen (secondary N) is 1. The van der Waals surface area contributed by atoms with Gasteiger partial charge in [-0.25, -0.2) is 0 Å². The Morgan fingerprint density at radius 3 is 2.60 bits per heavy atom. The predicted molar refractivity (Wildman–Crippen MR) is 87.2 cm³/mol. The molecule has 3 heteroatoms. The topological polar surface area (TPSA) is 29.1 Å². The van der Waals surface area contributed by atoms with E-state index in [4.69, 9.17) is 0 Å². The summed E-state index contributed by atoms with van der Waals surface area (Å²) in [6.07, 6.45) is 3.21. The zero-order valence-corrected chi connectivity index (χ0v) is 13.1. The highest BCUT2D eigenvalue weighted by Gasteiger charge is 2.02. The molecule has 102 valence electrons. The van der Waals surface area contributed by atoms with Crippen molar-refractivity contribution in [2.75, 3.05) is 5.32 Å². The summed E-state index contributed by atoms with van der Waals surface area (Å²) >= 11 is 3.40. The number of carbonyl (C=O) groups excluding carboxylic acids is 1. The first kappa shape index (κ1) is 14.5. The average Bonchev–Trinajstić information content (AvgIpc) is 2.42. The van der Waals surface area contributed by atoms with Crippen molar-refractivity contribution in [2.24, 2.45) is 0 Å². The van der Waals surface area contributed by atoms with Gasteiger partial charge in [0.15, 0.2) is 5.78 Å². The maximum atomic E-state index is 12.0. The van der Waals surface area contributed by atoms with Gasteiger partial charge in [0.05, 0.1) is 0 Å². The van der Waals surface area contributed by atoms with Gasteiger partial charge < -0.3 is 5.32 Å². The van der Waals surface area contributed by atoms with Crippen molar-refractivity contribution in [1.29, 1.82) is 0 Å². The molecule has 0 aliphatic carbocycles. The molecule has 0 spiro atoms. The van der Waals surface area contributed by atoms with Crippen molar-refractivity contribution in [3.63, 3.8) is 0 Å².